The van der Waals surface area contributed by atoms with E-state index in [1.54, 1.807) is 0 Å². The summed E-state index contributed by atoms with van der Waals surface area (Å²) < 4.78 is 7.53. The first kappa shape index (κ1) is 16.3. The van der Waals surface area contributed by atoms with Crippen molar-refractivity contribution in [3.8, 4) is 0 Å². The van der Waals surface area contributed by atoms with Gasteiger partial charge in [-0.2, -0.15) is 5.10 Å². The minimum absolute atomic E-state index is 0.411. The van der Waals surface area contributed by atoms with E-state index in [1.165, 1.54) is 19.3 Å². The number of methoxy groups -OCH3 is 1. The average molecular weight is 294 g/mol. The Balaban J connectivity index is 1.79. The maximum atomic E-state index is 5.49. The fraction of sp³-hybridized carbons (Fsp3) is 0.812. The van der Waals surface area contributed by atoms with Crippen molar-refractivity contribution in [3.63, 3.8) is 0 Å². The number of nitrogens with zero attached hydrogens (tertiary/aromatic N) is 3. The minimum atomic E-state index is 0.411. The number of hydrogen-bond acceptors (Lipinski definition) is 4. The summed E-state index contributed by atoms with van der Waals surface area (Å²) in [6.45, 7) is 8.62. The fourth-order valence-corrected chi connectivity index (χ4v) is 3.07. The molecular formula is C16H30N4O. The molecule has 1 fully saturated rings. The van der Waals surface area contributed by atoms with Crippen LogP contribution in [0.1, 0.15) is 39.5 Å². The van der Waals surface area contributed by atoms with E-state index in [2.05, 4.69) is 35.4 Å². The highest BCUT2D eigenvalue weighted by atomic mass is 16.5. The first-order valence-corrected chi connectivity index (χ1v) is 8.29. The lowest BCUT2D eigenvalue weighted by atomic mass is 9.93. The van der Waals surface area contributed by atoms with Gasteiger partial charge in [0.1, 0.15) is 0 Å². The van der Waals surface area contributed by atoms with Crippen LogP contribution in [-0.2, 0) is 11.3 Å². The third-order valence-corrected chi connectivity index (χ3v) is 4.50. The normalized spacial score (nSPS) is 22.7. The molecule has 0 aliphatic heterocycles. The molecule has 0 aromatic carbocycles. The Morgan fingerprint density at radius 2 is 2.19 bits per heavy atom. The van der Waals surface area contributed by atoms with Crippen molar-refractivity contribution in [3.05, 3.63) is 12.4 Å². The Kier molecular flexibility index (Phi) is 6.51. The zero-order chi connectivity index (χ0) is 15.1. The Hall–Kier alpha value is -1.07. The summed E-state index contributed by atoms with van der Waals surface area (Å²) in [5, 5.41) is 8.06. The average Bonchev–Trinajstić information content (AvgIpc) is 2.96. The Labute approximate surface area is 128 Å². The molecule has 1 aliphatic rings. The fourth-order valence-electron chi connectivity index (χ4n) is 3.07. The van der Waals surface area contributed by atoms with Crippen molar-refractivity contribution in [1.82, 2.24) is 14.7 Å². The molecule has 2 rings (SSSR count). The molecular weight excluding hydrogens is 264 g/mol. The molecule has 0 spiro atoms. The SMILES string of the molecule is CCN(CC)CCn1cc(NC2CCCC(OC)C2)cn1. The molecule has 21 heavy (non-hydrogen) atoms. The van der Waals surface area contributed by atoms with Crippen molar-refractivity contribution in [2.75, 3.05) is 32.1 Å². The van der Waals surface area contributed by atoms with Crippen LogP contribution in [0.4, 0.5) is 5.69 Å². The number of likely N-dealkylation sites (N-methyl/N-ethyl adjacent to an activating group) is 1. The highest BCUT2D eigenvalue weighted by molar-refractivity contribution is 5.39. The van der Waals surface area contributed by atoms with E-state index in [0.717, 1.165) is 38.3 Å². The summed E-state index contributed by atoms with van der Waals surface area (Å²) >= 11 is 0. The zero-order valence-corrected chi connectivity index (χ0v) is 13.7. The van der Waals surface area contributed by atoms with Gasteiger partial charge in [0.25, 0.3) is 0 Å². The lowest BCUT2D eigenvalue weighted by Gasteiger charge is -2.29. The number of nitrogens with one attached hydrogen (secondary N) is 1. The molecule has 120 valence electrons. The quantitative estimate of drug-likeness (QED) is 0.800. The van der Waals surface area contributed by atoms with Crippen LogP contribution in [0.3, 0.4) is 0 Å². The second-order valence-corrected chi connectivity index (χ2v) is 5.88. The van der Waals surface area contributed by atoms with E-state index in [4.69, 9.17) is 4.74 Å². The van der Waals surface area contributed by atoms with Gasteiger partial charge in [-0.15, -0.1) is 0 Å². The summed E-state index contributed by atoms with van der Waals surface area (Å²) in [4.78, 5) is 2.42. The van der Waals surface area contributed by atoms with E-state index >= 15 is 0 Å². The van der Waals surface area contributed by atoms with Crippen LogP contribution in [-0.4, -0.2) is 53.6 Å². The molecule has 0 saturated heterocycles. The topological polar surface area (TPSA) is 42.3 Å². The molecule has 1 heterocycles. The second kappa shape index (κ2) is 8.39. The predicted octanol–water partition coefficient (Wildman–Crippen LogP) is 2.59. The largest absolute Gasteiger partial charge is 0.381 e. The van der Waals surface area contributed by atoms with E-state index < -0.39 is 0 Å². The Bertz CT molecular complexity index is 403. The summed E-state index contributed by atoms with van der Waals surface area (Å²) in [5.41, 5.74) is 1.14. The number of rotatable bonds is 8. The third kappa shape index (κ3) is 5.00. The van der Waals surface area contributed by atoms with Crippen LogP contribution in [0.15, 0.2) is 12.4 Å². The van der Waals surface area contributed by atoms with Gasteiger partial charge in [0, 0.05) is 25.9 Å². The second-order valence-electron chi connectivity index (χ2n) is 5.88. The lowest BCUT2D eigenvalue weighted by molar-refractivity contribution is 0.0669. The van der Waals surface area contributed by atoms with Gasteiger partial charge in [-0.05, 0) is 38.8 Å². The van der Waals surface area contributed by atoms with E-state index in [-0.39, 0.29) is 0 Å². The van der Waals surface area contributed by atoms with Gasteiger partial charge in [0.2, 0.25) is 0 Å². The molecule has 1 N–H and O–H groups in total. The van der Waals surface area contributed by atoms with Crippen LogP contribution in [0.5, 0.6) is 0 Å². The summed E-state index contributed by atoms with van der Waals surface area (Å²) in [6.07, 6.45) is 9.24. The smallest absolute Gasteiger partial charge is 0.0728 e. The van der Waals surface area contributed by atoms with Gasteiger partial charge >= 0.3 is 0 Å². The molecule has 1 aromatic rings. The maximum absolute atomic E-state index is 5.49. The highest BCUT2D eigenvalue weighted by Gasteiger charge is 2.21. The van der Waals surface area contributed by atoms with Gasteiger partial charge in [-0.3, -0.25) is 4.68 Å². The maximum Gasteiger partial charge on any atom is 0.0728 e. The van der Waals surface area contributed by atoms with Crippen LogP contribution >= 0.6 is 0 Å². The van der Waals surface area contributed by atoms with Crippen molar-refractivity contribution < 1.29 is 4.74 Å². The Morgan fingerprint density at radius 3 is 2.90 bits per heavy atom. The van der Waals surface area contributed by atoms with Crippen molar-refractivity contribution in [2.45, 2.75) is 58.2 Å². The summed E-state index contributed by atoms with van der Waals surface area (Å²) in [7, 11) is 1.82. The molecule has 2 unspecified atom stereocenters. The lowest BCUT2D eigenvalue weighted by Crippen LogP contribution is -2.30. The van der Waals surface area contributed by atoms with Crippen molar-refractivity contribution in [1.29, 1.82) is 0 Å². The molecule has 0 radical (unpaired) electrons. The molecule has 5 heteroatoms. The first-order valence-electron chi connectivity index (χ1n) is 8.29. The van der Waals surface area contributed by atoms with E-state index in [9.17, 15) is 0 Å². The highest BCUT2D eigenvalue weighted by Crippen LogP contribution is 2.23. The van der Waals surface area contributed by atoms with Crippen LogP contribution in [0.2, 0.25) is 0 Å². The first-order chi connectivity index (χ1) is 10.2. The molecule has 0 bridgehead atoms. The molecule has 1 aromatic heterocycles. The molecule has 5 nitrogen and oxygen atoms in total. The predicted molar refractivity (Wildman–Crippen MR) is 86.7 cm³/mol. The number of ether oxygens (including phenoxy) is 1. The number of hydrogen-bond donors (Lipinski definition) is 1. The van der Waals surface area contributed by atoms with Crippen LogP contribution < -0.4 is 5.32 Å². The minimum Gasteiger partial charge on any atom is -0.381 e. The van der Waals surface area contributed by atoms with E-state index in [0.29, 0.717) is 12.1 Å². The third-order valence-electron chi connectivity index (χ3n) is 4.50. The van der Waals surface area contributed by atoms with Crippen LogP contribution in [0.25, 0.3) is 0 Å². The molecule has 2 atom stereocenters. The van der Waals surface area contributed by atoms with Crippen molar-refractivity contribution in [2.24, 2.45) is 0 Å². The van der Waals surface area contributed by atoms with Gasteiger partial charge < -0.3 is 15.0 Å². The standard InChI is InChI=1S/C16H30N4O/c1-4-19(5-2)9-10-20-13-15(12-17-20)18-14-7-6-8-16(11-14)21-3/h12-14,16,18H,4-11H2,1-3H3. The van der Waals surface area contributed by atoms with Gasteiger partial charge in [0.15, 0.2) is 0 Å². The molecule has 1 aliphatic carbocycles. The molecule has 0 amide bonds. The van der Waals surface area contributed by atoms with Gasteiger partial charge in [-0.1, -0.05) is 13.8 Å². The zero-order valence-electron chi connectivity index (χ0n) is 13.7. The van der Waals surface area contributed by atoms with Crippen molar-refractivity contribution >= 4 is 5.69 Å². The Morgan fingerprint density at radius 1 is 1.38 bits per heavy atom. The van der Waals surface area contributed by atoms with Gasteiger partial charge in [0.05, 0.1) is 24.5 Å². The number of anilines is 1. The monoisotopic (exact) mass is 294 g/mol. The summed E-state index contributed by atoms with van der Waals surface area (Å²) in [5.74, 6) is 0. The summed E-state index contributed by atoms with van der Waals surface area (Å²) in [6, 6.07) is 0.518. The molecule has 1 saturated carbocycles. The van der Waals surface area contributed by atoms with Gasteiger partial charge in [-0.25, -0.2) is 0 Å². The van der Waals surface area contributed by atoms with E-state index in [1.807, 2.05) is 18.0 Å². The van der Waals surface area contributed by atoms with Crippen LogP contribution in [0, 0.1) is 0 Å². The number of aromatic nitrogens is 2.